The predicted octanol–water partition coefficient (Wildman–Crippen LogP) is -0.626. The molecule has 0 amide bonds. The highest BCUT2D eigenvalue weighted by atomic mass is 16.2. The van der Waals surface area contributed by atoms with Gasteiger partial charge in [0.1, 0.15) is 24.0 Å². The van der Waals surface area contributed by atoms with Crippen LogP contribution in [0.2, 0.25) is 0 Å². The van der Waals surface area contributed by atoms with Crippen molar-refractivity contribution in [1.82, 2.24) is 19.1 Å². The van der Waals surface area contributed by atoms with E-state index in [2.05, 4.69) is 9.97 Å². The van der Waals surface area contributed by atoms with Gasteiger partial charge in [0.25, 0.3) is 5.56 Å². The van der Waals surface area contributed by atoms with Crippen molar-refractivity contribution in [2.24, 2.45) is 14.1 Å². The topological polar surface area (TPSA) is 100 Å². The van der Waals surface area contributed by atoms with Gasteiger partial charge in [-0.3, -0.25) is 13.9 Å². The fourth-order valence-corrected chi connectivity index (χ4v) is 3.19. The lowest BCUT2D eigenvalue weighted by molar-refractivity contribution is 0.629. The highest BCUT2D eigenvalue weighted by molar-refractivity contribution is 5.58. The molecule has 0 saturated carbocycles. The molecule has 0 N–H and O–H groups in total. The molecule has 3 heterocycles. The molecular weight excluding hydrogens is 322 g/mol. The van der Waals surface area contributed by atoms with Crippen molar-refractivity contribution >= 4 is 11.6 Å². The van der Waals surface area contributed by atoms with Crippen molar-refractivity contribution in [2.45, 2.75) is 13.0 Å². The number of aromatic nitrogens is 4. The van der Waals surface area contributed by atoms with E-state index in [1.807, 2.05) is 30.0 Å². The molecule has 9 nitrogen and oxygen atoms in total. The van der Waals surface area contributed by atoms with E-state index in [0.29, 0.717) is 25.3 Å². The van der Waals surface area contributed by atoms with Gasteiger partial charge < -0.3 is 9.80 Å². The van der Waals surface area contributed by atoms with Crippen molar-refractivity contribution < 1.29 is 0 Å². The number of hydrogen-bond donors (Lipinski definition) is 0. The van der Waals surface area contributed by atoms with E-state index in [9.17, 15) is 14.9 Å². The molecule has 1 aliphatic rings. The number of fused-ring (bicyclic) bond motifs is 1. The highest BCUT2D eigenvalue weighted by Gasteiger charge is 2.27. The second-order valence-electron chi connectivity index (χ2n) is 6.20. The first-order valence-electron chi connectivity index (χ1n) is 7.82. The van der Waals surface area contributed by atoms with E-state index in [1.165, 1.54) is 11.6 Å². The number of hydrogen-bond acceptors (Lipinski definition) is 7. The highest BCUT2D eigenvalue weighted by Crippen LogP contribution is 2.28. The number of rotatable bonds is 2. The second kappa shape index (κ2) is 6.05. The molecule has 9 heteroatoms. The average molecular weight is 341 g/mol. The van der Waals surface area contributed by atoms with Gasteiger partial charge in [-0.2, -0.15) is 5.26 Å². The van der Waals surface area contributed by atoms with E-state index in [1.54, 1.807) is 13.4 Å². The zero-order valence-electron chi connectivity index (χ0n) is 14.6. The molecule has 0 saturated heterocycles. The maximum absolute atomic E-state index is 12.3. The Hall–Kier alpha value is -3.15. The molecular formula is C16H19N7O2. The van der Waals surface area contributed by atoms with Crippen LogP contribution < -0.4 is 21.0 Å². The molecule has 3 rings (SSSR count). The van der Waals surface area contributed by atoms with E-state index >= 15 is 0 Å². The molecule has 25 heavy (non-hydrogen) atoms. The van der Waals surface area contributed by atoms with Crippen LogP contribution in [0, 0.1) is 11.3 Å². The first kappa shape index (κ1) is 16.7. The molecule has 0 radical (unpaired) electrons. The Morgan fingerprint density at radius 3 is 2.56 bits per heavy atom. The first-order chi connectivity index (χ1) is 11.9. The molecule has 0 aromatic carbocycles. The van der Waals surface area contributed by atoms with Crippen molar-refractivity contribution in [3.05, 3.63) is 44.0 Å². The monoisotopic (exact) mass is 341 g/mol. The minimum Gasteiger partial charge on any atom is -0.362 e. The summed E-state index contributed by atoms with van der Waals surface area (Å²) in [5.74, 6) is 1.14. The third kappa shape index (κ3) is 2.55. The second-order valence-corrected chi connectivity index (χ2v) is 6.20. The molecule has 0 atom stereocenters. The Balaban J connectivity index is 2.17. The Morgan fingerprint density at radius 2 is 1.92 bits per heavy atom. The van der Waals surface area contributed by atoms with Crippen LogP contribution >= 0.6 is 0 Å². The smallest absolute Gasteiger partial charge is 0.332 e. The first-order valence-corrected chi connectivity index (χ1v) is 7.82. The molecule has 2 aromatic heterocycles. The number of anilines is 2. The maximum Gasteiger partial charge on any atom is 0.332 e. The predicted molar refractivity (Wildman–Crippen MR) is 92.8 cm³/mol. The van der Waals surface area contributed by atoms with Crippen LogP contribution in [-0.4, -0.2) is 39.7 Å². The summed E-state index contributed by atoms with van der Waals surface area (Å²) in [6.07, 6.45) is 2.19. The van der Waals surface area contributed by atoms with E-state index < -0.39 is 11.2 Å². The number of nitrogens with zero attached hydrogens (tertiary/aromatic N) is 7. The fourth-order valence-electron chi connectivity index (χ4n) is 3.19. The van der Waals surface area contributed by atoms with Crippen LogP contribution in [0.3, 0.4) is 0 Å². The molecule has 0 fully saturated rings. The zero-order chi connectivity index (χ0) is 18.3. The van der Waals surface area contributed by atoms with Gasteiger partial charge in [-0.25, -0.2) is 14.8 Å². The normalized spacial score (nSPS) is 13.3. The third-order valence-electron chi connectivity index (χ3n) is 4.45. The van der Waals surface area contributed by atoms with Crippen LogP contribution in [-0.2, 0) is 27.1 Å². The van der Waals surface area contributed by atoms with Crippen molar-refractivity contribution in [3.8, 4) is 6.07 Å². The van der Waals surface area contributed by atoms with Crippen molar-refractivity contribution in [3.63, 3.8) is 0 Å². The van der Waals surface area contributed by atoms with Crippen LogP contribution in [0.1, 0.15) is 16.8 Å². The summed E-state index contributed by atoms with van der Waals surface area (Å²) in [5, 5.41) is 9.47. The summed E-state index contributed by atoms with van der Waals surface area (Å²) in [6, 6.07) is 1.95. The van der Waals surface area contributed by atoms with Gasteiger partial charge in [-0.05, 0) is 0 Å². The Kier molecular flexibility index (Phi) is 4.04. The lowest BCUT2D eigenvalue weighted by atomic mass is 10.1. The summed E-state index contributed by atoms with van der Waals surface area (Å²) < 4.78 is 2.30. The molecule has 0 spiro atoms. The fraction of sp³-hybridized carbons (Fsp3) is 0.438. The Bertz CT molecular complexity index is 997. The molecule has 0 bridgehead atoms. The standard InChI is InChI=1S/C16H19N7O2/c1-20(2)13-11-8-23(6-5-12(11)18-9-19-13)14-10(7-17)15(24)22(4)16(25)21(14)3/h9H,5-6,8H2,1-4H3. The van der Waals surface area contributed by atoms with Crippen molar-refractivity contribution in [1.29, 1.82) is 5.26 Å². The van der Waals surface area contributed by atoms with Gasteiger partial charge in [0.05, 0.1) is 5.69 Å². The van der Waals surface area contributed by atoms with E-state index in [-0.39, 0.29) is 5.56 Å². The van der Waals surface area contributed by atoms with Crippen LogP contribution in [0.5, 0.6) is 0 Å². The largest absolute Gasteiger partial charge is 0.362 e. The molecule has 2 aromatic rings. The maximum atomic E-state index is 12.3. The summed E-state index contributed by atoms with van der Waals surface area (Å²) in [4.78, 5) is 37.1. The van der Waals surface area contributed by atoms with Crippen LogP contribution in [0.25, 0.3) is 0 Å². The van der Waals surface area contributed by atoms with Crippen LogP contribution in [0.4, 0.5) is 11.6 Å². The lowest BCUT2D eigenvalue weighted by Crippen LogP contribution is -2.44. The minimum atomic E-state index is -0.580. The Labute approximate surface area is 144 Å². The van der Waals surface area contributed by atoms with Gasteiger partial charge in [0.15, 0.2) is 5.56 Å². The quantitative estimate of drug-likeness (QED) is 0.717. The van der Waals surface area contributed by atoms with Gasteiger partial charge in [0.2, 0.25) is 0 Å². The SMILES string of the molecule is CN(C)c1ncnc2c1CN(c1c(C#N)c(=O)n(C)c(=O)n1C)CC2. The lowest BCUT2D eigenvalue weighted by Gasteiger charge is -2.33. The summed E-state index contributed by atoms with van der Waals surface area (Å²) in [6.45, 7) is 0.991. The summed E-state index contributed by atoms with van der Waals surface area (Å²) >= 11 is 0. The van der Waals surface area contributed by atoms with Crippen LogP contribution in [0.15, 0.2) is 15.9 Å². The summed E-state index contributed by atoms with van der Waals surface area (Å²) in [5.41, 5.74) is 0.819. The zero-order valence-corrected chi connectivity index (χ0v) is 14.6. The van der Waals surface area contributed by atoms with Gasteiger partial charge in [-0.1, -0.05) is 0 Å². The Morgan fingerprint density at radius 1 is 1.20 bits per heavy atom. The molecule has 130 valence electrons. The van der Waals surface area contributed by atoms with E-state index in [4.69, 9.17) is 0 Å². The van der Waals surface area contributed by atoms with E-state index in [0.717, 1.165) is 21.6 Å². The molecule has 1 aliphatic heterocycles. The molecule has 0 aliphatic carbocycles. The average Bonchev–Trinajstić information content (AvgIpc) is 2.61. The van der Waals surface area contributed by atoms with Gasteiger partial charge >= 0.3 is 5.69 Å². The number of nitriles is 1. The van der Waals surface area contributed by atoms with Crippen molar-refractivity contribution in [2.75, 3.05) is 30.4 Å². The third-order valence-corrected chi connectivity index (χ3v) is 4.45. The van der Waals surface area contributed by atoms with Gasteiger partial charge in [-0.15, -0.1) is 0 Å². The summed E-state index contributed by atoms with van der Waals surface area (Å²) in [7, 11) is 6.74. The van der Waals surface area contributed by atoms with Gasteiger partial charge in [0, 0.05) is 53.3 Å². The molecule has 0 unspecified atom stereocenters. The minimum absolute atomic E-state index is 0.0312.